The van der Waals surface area contributed by atoms with Crippen LogP contribution in [0.1, 0.15) is 23.5 Å². The number of carbonyl (C=O) groups is 3. The SMILES string of the molecule is COC(CNC(=O)[C@@H]1[C@H](CNC(=O)OCC2c3ccccc3-c3ccccc32)C1(F)F)CC(=O)O. The molecule has 1 fully saturated rings. The summed E-state index contributed by atoms with van der Waals surface area (Å²) in [5, 5.41) is 13.4. The van der Waals surface area contributed by atoms with E-state index >= 15 is 0 Å². The van der Waals surface area contributed by atoms with Crippen molar-refractivity contribution in [3.63, 3.8) is 0 Å². The monoisotopic (exact) mass is 488 g/mol. The Morgan fingerprint density at radius 1 is 1.03 bits per heavy atom. The Morgan fingerprint density at radius 2 is 1.63 bits per heavy atom. The number of fused-ring (bicyclic) bond motifs is 3. The van der Waals surface area contributed by atoms with Gasteiger partial charge in [0.2, 0.25) is 5.91 Å². The predicted octanol–water partition coefficient (Wildman–Crippen LogP) is 3.01. The van der Waals surface area contributed by atoms with Crippen molar-refractivity contribution >= 4 is 18.0 Å². The molecule has 1 unspecified atom stereocenters. The summed E-state index contributed by atoms with van der Waals surface area (Å²) in [4.78, 5) is 35.2. The number of nitrogens with one attached hydrogen (secondary N) is 2. The molecule has 8 nitrogen and oxygen atoms in total. The minimum atomic E-state index is -3.28. The van der Waals surface area contributed by atoms with Crippen LogP contribution >= 0.6 is 0 Å². The van der Waals surface area contributed by atoms with E-state index in [0.717, 1.165) is 22.3 Å². The van der Waals surface area contributed by atoms with Crippen molar-refractivity contribution in [1.82, 2.24) is 10.6 Å². The van der Waals surface area contributed by atoms with Gasteiger partial charge in [0.05, 0.1) is 18.4 Å². The van der Waals surface area contributed by atoms with E-state index in [1.807, 2.05) is 48.5 Å². The molecule has 0 heterocycles. The van der Waals surface area contributed by atoms with Crippen LogP contribution < -0.4 is 10.6 Å². The number of aliphatic carboxylic acids is 1. The summed E-state index contributed by atoms with van der Waals surface area (Å²) in [6, 6.07) is 15.7. The molecule has 2 amide bonds. The van der Waals surface area contributed by atoms with E-state index in [1.54, 1.807) is 0 Å². The molecule has 186 valence electrons. The lowest BCUT2D eigenvalue weighted by atomic mass is 9.98. The largest absolute Gasteiger partial charge is 0.481 e. The highest BCUT2D eigenvalue weighted by atomic mass is 19.3. The third-order valence-electron chi connectivity index (χ3n) is 6.53. The molecule has 0 saturated heterocycles. The van der Waals surface area contributed by atoms with Gasteiger partial charge in [0.15, 0.2) is 0 Å². The third kappa shape index (κ3) is 5.12. The zero-order valence-corrected chi connectivity index (χ0v) is 19.0. The summed E-state index contributed by atoms with van der Waals surface area (Å²) in [5.74, 6) is -8.47. The van der Waals surface area contributed by atoms with Crippen LogP contribution in [0.15, 0.2) is 48.5 Å². The van der Waals surface area contributed by atoms with E-state index in [0.29, 0.717) is 0 Å². The second-order valence-corrected chi connectivity index (χ2v) is 8.67. The maximum Gasteiger partial charge on any atom is 0.407 e. The van der Waals surface area contributed by atoms with Crippen molar-refractivity contribution in [1.29, 1.82) is 0 Å². The van der Waals surface area contributed by atoms with E-state index in [9.17, 15) is 23.2 Å². The summed E-state index contributed by atoms with van der Waals surface area (Å²) in [5.41, 5.74) is 4.21. The molecule has 3 atom stereocenters. The predicted molar refractivity (Wildman–Crippen MR) is 121 cm³/mol. The zero-order chi connectivity index (χ0) is 25.2. The first-order chi connectivity index (χ1) is 16.7. The lowest BCUT2D eigenvalue weighted by Crippen LogP contribution is -2.36. The number of halogens is 2. The number of amides is 2. The number of alkyl carbamates (subject to hydrolysis) is 1. The minimum absolute atomic E-state index is 0.0484. The van der Waals surface area contributed by atoms with E-state index in [1.165, 1.54) is 7.11 Å². The molecule has 2 aliphatic carbocycles. The Kier molecular flexibility index (Phi) is 7.02. The third-order valence-corrected chi connectivity index (χ3v) is 6.53. The van der Waals surface area contributed by atoms with Gasteiger partial charge in [-0.2, -0.15) is 0 Å². The molecule has 0 aromatic heterocycles. The standard InChI is InChI=1S/C25H26F2N2O6/c1-34-14(10-21(30)31)11-28-23(32)22-20(25(22,26)27)12-29-24(33)35-13-19-17-8-4-2-6-15(17)16-7-3-5-9-18(16)19/h2-9,14,19-20,22H,10-13H2,1H3,(H,28,32)(H,29,33)(H,30,31)/t14?,20-,22-/m0/s1. The van der Waals surface area contributed by atoms with Crippen molar-refractivity contribution < 1.29 is 37.7 Å². The Labute approximate surface area is 200 Å². The van der Waals surface area contributed by atoms with Crippen molar-refractivity contribution in [2.24, 2.45) is 11.8 Å². The molecule has 1 saturated carbocycles. The van der Waals surface area contributed by atoms with Crippen LogP contribution in [-0.2, 0) is 19.1 Å². The highest BCUT2D eigenvalue weighted by Gasteiger charge is 2.71. The molecule has 2 aromatic rings. The van der Waals surface area contributed by atoms with Gasteiger partial charge in [0.25, 0.3) is 5.92 Å². The number of rotatable bonds is 10. The maximum atomic E-state index is 14.2. The Hall–Kier alpha value is -3.53. The number of ether oxygens (including phenoxy) is 2. The van der Waals surface area contributed by atoms with Crippen molar-refractivity contribution in [2.75, 3.05) is 26.8 Å². The summed E-state index contributed by atoms with van der Waals surface area (Å²) in [7, 11) is 1.27. The molecule has 4 rings (SSSR count). The molecule has 0 aliphatic heterocycles. The highest BCUT2D eigenvalue weighted by Crippen LogP contribution is 2.55. The van der Waals surface area contributed by atoms with E-state index in [4.69, 9.17) is 14.6 Å². The normalized spacial score (nSPS) is 20.3. The van der Waals surface area contributed by atoms with Gasteiger partial charge in [0.1, 0.15) is 12.5 Å². The van der Waals surface area contributed by atoms with Gasteiger partial charge in [-0.25, -0.2) is 13.6 Å². The fourth-order valence-electron chi connectivity index (χ4n) is 4.60. The van der Waals surface area contributed by atoms with Crippen LogP contribution in [0.25, 0.3) is 11.1 Å². The number of hydrogen-bond acceptors (Lipinski definition) is 5. The van der Waals surface area contributed by atoms with Crippen molar-refractivity contribution in [3.8, 4) is 11.1 Å². The summed E-state index contributed by atoms with van der Waals surface area (Å²) in [6.07, 6.45) is -2.04. The molecule has 2 aromatic carbocycles. The number of benzene rings is 2. The molecule has 0 spiro atoms. The first-order valence-corrected chi connectivity index (χ1v) is 11.2. The highest BCUT2D eigenvalue weighted by molar-refractivity contribution is 5.84. The average molecular weight is 488 g/mol. The lowest BCUT2D eigenvalue weighted by molar-refractivity contribution is -0.140. The van der Waals surface area contributed by atoms with Gasteiger partial charge in [-0.05, 0) is 22.3 Å². The maximum absolute atomic E-state index is 14.2. The van der Waals surface area contributed by atoms with Gasteiger partial charge in [-0.15, -0.1) is 0 Å². The second-order valence-electron chi connectivity index (χ2n) is 8.67. The van der Waals surface area contributed by atoms with Crippen LogP contribution in [0.3, 0.4) is 0 Å². The van der Waals surface area contributed by atoms with Crippen LogP contribution in [0.4, 0.5) is 13.6 Å². The molecule has 3 N–H and O–H groups in total. The van der Waals surface area contributed by atoms with Gasteiger partial charge >= 0.3 is 12.1 Å². The van der Waals surface area contributed by atoms with Crippen LogP contribution in [0.2, 0.25) is 0 Å². The number of carbonyl (C=O) groups excluding carboxylic acids is 2. The summed E-state index contributed by atoms with van der Waals surface area (Å²) in [6.45, 7) is -0.585. The molecule has 0 radical (unpaired) electrons. The number of carboxylic acid groups (broad SMARTS) is 1. The van der Waals surface area contributed by atoms with Gasteiger partial charge < -0.3 is 25.2 Å². The number of alkyl halides is 2. The van der Waals surface area contributed by atoms with Crippen LogP contribution in [-0.4, -0.2) is 61.9 Å². The van der Waals surface area contributed by atoms with Crippen molar-refractivity contribution in [2.45, 2.75) is 24.4 Å². The second kappa shape index (κ2) is 9.99. The van der Waals surface area contributed by atoms with Crippen LogP contribution in [0, 0.1) is 11.8 Å². The molecule has 35 heavy (non-hydrogen) atoms. The lowest BCUT2D eigenvalue weighted by Gasteiger charge is -2.14. The summed E-state index contributed by atoms with van der Waals surface area (Å²) < 4.78 is 38.6. The Morgan fingerprint density at radius 3 is 2.20 bits per heavy atom. The van der Waals surface area contributed by atoms with E-state index < -0.39 is 48.4 Å². The fraction of sp³-hybridized carbons (Fsp3) is 0.400. The van der Waals surface area contributed by atoms with Gasteiger partial charge in [-0.1, -0.05) is 48.5 Å². The van der Waals surface area contributed by atoms with Crippen LogP contribution in [0.5, 0.6) is 0 Å². The van der Waals surface area contributed by atoms with Crippen molar-refractivity contribution in [3.05, 3.63) is 59.7 Å². The molecule has 0 bridgehead atoms. The molecule has 2 aliphatic rings. The topological polar surface area (TPSA) is 114 Å². The zero-order valence-electron chi connectivity index (χ0n) is 19.0. The first-order valence-electron chi connectivity index (χ1n) is 11.2. The number of methoxy groups -OCH3 is 1. The smallest absolute Gasteiger partial charge is 0.407 e. The van der Waals surface area contributed by atoms with Gasteiger partial charge in [-0.3, -0.25) is 9.59 Å². The molecular formula is C25H26F2N2O6. The average Bonchev–Trinajstić information content (AvgIpc) is 3.24. The quantitative estimate of drug-likeness (QED) is 0.474. The van der Waals surface area contributed by atoms with Gasteiger partial charge in [0, 0.05) is 26.1 Å². The minimum Gasteiger partial charge on any atom is -0.481 e. The molecular weight excluding hydrogens is 462 g/mol. The Bertz CT molecular complexity index is 1080. The van der Waals surface area contributed by atoms with E-state index in [-0.39, 0.29) is 25.5 Å². The van der Waals surface area contributed by atoms with E-state index in [2.05, 4.69) is 10.6 Å². The molecule has 10 heteroatoms. The summed E-state index contributed by atoms with van der Waals surface area (Å²) >= 11 is 0. The Balaban J connectivity index is 1.27. The number of hydrogen-bond donors (Lipinski definition) is 3. The first kappa shape index (κ1) is 24.6. The number of carboxylic acids is 1. The fourth-order valence-corrected chi connectivity index (χ4v) is 4.60.